The summed E-state index contributed by atoms with van der Waals surface area (Å²) >= 11 is 0. The van der Waals surface area contributed by atoms with Gasteiger partial charge in [0.25, 0.3) is 5.91 Å². The third kappa shape index (κ3) is 2.70. The van der Waals surface area contributed by atoms with Gasteiger partial charge < -0.3 is 14.8 Å². The molecule has 0 bridgehead atoms. The molecule has 1 aliphatic rings. The molecule has 0 aliphatic carbocycles. The van der Waals surface area contributed by atoms with Crippen LogP contribution in [0.1, 0.15) is 11.1 Å². The minimum atomic E-state index is -0.639. The van der Waals surface area contributed by atoms with Gasteiger partial charge in [-0.1, -0.05) is 24.3 Å². The number of fused-ring (bicyclic) bond motifs is 1. The number of carbonyl (C=O) groups excluding carboxylic acids is 1. The predicted octanol–water partition coefficient (Wildman–Crippen LogP) is 3.08. The van der Waals surface area contributed by atoms with E-state index in [4.69, 9.17) is 9.47 Å². The zero-order chi connectivity index (χ0) is 14.8. The van der Waals surface area contributed by atoms with E-state index in [9.17, 15) is 4.79 Å². The molecule has 4 heteroatoms. The van der Waals surface area contributed by atoms with Crippen LogP contribution in [-0.4, -0.2) is 18.6 Å². The van der Waals surface area contributed by atoms with Crippen molar-refractivity contribution >= 4 is 11.6 Å². The average molecular weight is 283 g/mol. The van der Waals surface area contributed by atoms with Gasteiger partial charge in [0.1, 0.15) is 6.61 Å². The van der Waals surface area contributed by atoms with Crippen LogP contribution in [0.5, 0.6) is 11.5 Å². The Morgan fingerprint density at radius 1 is 1.10 bits per heavy atom. The Morgan fingerprint density at radius 2 is 1.86 bits per heavy atom. The summed E-state index contributed by atoms with van der Waals surface area (Å²) in [5.74, 6) is 1.08. The molecule has 1 aliphatic heterocycles. The Morgan fingerprint density at radius 3 is 2.67 bits per heavy atom. The monoisotopic (exact) mass is 283 g/mol. The van der Waals surface area contributed by atoms with Crippen LogP contribution in [0.4, 0.5) is 5.69 Å². The molecule has 21 heavy (non-hydrogen) atoms. The van der Waals surface area contributed by atoms with Crippen molar-refractivity contribution < 1.29 is 14.3 Å². The highest BCUT2D eigenvalue weighted by Gasteiger charge is 2.27. The summed E-state index contributed by atoms with van der Waals surface area (Å²) in [5.41, 5.74) is 3.00. The van der Waals surface area contributed by atoms with E-state index >= 15 is 0 Å². The van der Waals surface area contributed by atoms with Crippen LogP contribution >= 0.6 is 0 Å². The quantitative estimate of drug-likeness (QED) is 0.921. The second kappa shape index (κ2) is 5.48. The normalized spacial score (nSPS) is 16.4. The summed E-state index contributed by atoms with van der Waals surface area (Å²) in [5, 5.41) is 2.91. The lowest BCUT2D eigenvalue weighted by Crippen LogP contribution is -2.40. The maximum absolute atomic E-state index is 12.3. The second-order valence-electron chi connectivity index (χ2n) is 5.10. The number of amides is 1. The molecule has 0 fully saturated rings. The number of carbonyl (C=O) groups is 1. The lowest BCUT2D eigenvalue weighted by molar-refractivity contribution is -0.125. The zero-order valence-corrected chi connectivity index (χ0v) is 12.1. The topological polar surface area (TPSA) is 47.6 Å². The van der Waals surface area contributed by atoms with Gasteiger partial charge in [-0.2, -0.15) is 0 Å². The van der Waals surface area contributed by atoms with Crippen LogP contribution in [0.3, 0.4) is 0 Å². The van der Waals surface area contributed by atoms with Crippen LogP contribution in [0, 0.1) is 13.8 Å². The Hall–Kier alpha value is -2.49. The molecule has 0 unspecified atom stereocenters. The molecule has 1 atom stereocenters. The van der Waals surface area contributed by atoms with Crippen molar-refractivity contribution in [2.45, 2.75) is 20.0 Å². The molecule has 3 rings (SSSR count). The van der Waals surface area contributed by atoms with Gasteiger partial charge in [-0.3, -0.25) is 4.79 Å². The molecule has 1 amide bonds. The molecular weight excluding hydrogens is 266 g/mol. The summed E-state index contributed by atoms with van der Waals surface area (Å²) in [6.45, 7) is 4.22. The van der Waals surface area contributed by atoms with E-state index in [2.05, 4.69) is 5.32 Å². The van der Waals surface area contributed by atoms with Crippen LogP contribution in [0.15, 0.2) is 42.5 Å². The van der Waals surface area contributed by atoms with E-state index in [1.54, 1.807) is 6.07 Å². The fourth-order valence-electron chi connectivity index (χ4n) is 2.25. The molecule has 1 N–H and O–H groups in total. The van der Waals surface area contributed by atoms with E-state index in [0.717, 1.165) is 16.8 Å². The highest BCUT2D eigenvalue weighted by Crippen LogP contribution is 2.31. The lowest BCUT2D eigenvalue weighted by Gasteiger charge is -2.25. The molecule has 0 aromatic heterocycles. The van der Waals surface area contributed by atoms with Gasteiger partial charge in [0, 0.05) is 5.69 Å². The summed E-state index contributed by atoms with van der Waals surface area (Å²) in [7, 11) is 0. The SMILES string of the molecule is Cc1cccc(NC(=O)[C@@H]2COc3ccccc3O2)c1C. The molecule has 0 saturated heterocycles. The molecule has 2 aromatic carbocycles. The van der Waals surface area contributed by atoms with Crippen molar-refractivity contribution in [1.29, 1.82) is 0 Å². The van der Waals surface area contributed by atoms with Gasteiger partial charge in [-0.15, -0.1) is 0 Å². The third-order valence-electron chi connectivity index (χ3n) is 3.66. The van der Waals surface area contributed by atoms with E-state index in [1.807, 2.05) is 50.2 Å². The largest absolute Gasteiger partial charge is 0.485 e. The van der Waals surface area contributed by atoms with Crippen LogP contribution in [-0.2, 0) is 4.79 Å². The highest BCUT2D eigenvalue weighted by atomic mass is 16.6. The highest BCUT2D eigenvalue weighted by molar-refractivity contribution is 5.95. The van der Waals surface area contributed by atoms with Crippen LogP contribution < -0.4 is 14.8 Å². The van der Waals surface area contributed by atoms with Crippen LogP contribution in [0.2, 0.25) is 0 Å². The summed E-state index contributed by atoms with van der Waals surface area (Å²) < 4.78 is 11.3. The predicted molar refractivity (Wildman–Crippen MR) is 80.9 cm³/mol. The standard InChI is InChI=1S/C17H17NO3/c1-11-6-5-7-13(12(11)2)18-17(19)16-10-20-14-8-3-4-9-15(14)21-16/h3-9,16H,10H2,1-2H3,(H,18,19)/t16-/m0/s1. The number of rotatable bonds is 2. The molecule has 0 saturated carbocycles. The first-order chi connectivity index (χ1) is 10.1. The molecule has 1 heterocycles. The zero-order valence-electron chi connectivity index (χ0n) is 12.1. The molecule has 0 radical (unpaired) electrons. The van der Waals surface area contributed by atoms with Crippen molar-refractivity contribution in [3.05, 3.63) is 53.6 Å². The van der Waals surface area contributed by atoms with Gasteiger partial charge in [0.15, 0.2) is 11.5 Å². The lowest BCUT2D eigenvalue weighted by atomic mass is 10.1. The summed E-state index contributed by atoms with van der Waals surface area (Å²) in [4.78, 5) is 12.3. The van der Waals surface area contributed by atoms with E-state index < -0.39 is 6.10 Å². The number of aryl methyl sites for hydroxylation is 1. The number of benzene rings is 2. The number of hydrogen-bond donors (Lipinski definition) is 1. The van der Waals surface area contributed by atoms with Gasteiger partial charge in [0.2, 0.25) is 6.10 Å². The van der Waals surface area contributed by atoms with Crippen molar-refractivity contribution in [1.82, 2.24) is 0 Å². The Balaban J connectivity index is 1.74. The van der Waals surface area contributed by atoms with Crippen molar-refractivity contribution in [3.63, 3.8) is 0 Å². The molecular formula is C17H17NO3. The van der Waals surface area contributed by atoms with Crippen molar-refractivity contribution in [2.24, 2.45) is 0 Å². The Bertz CT molecular complexity index is 681. The molecule has 108 valence electrons. The average Bonchev–Trinajstić information content (AvgIpc) is 2.51. The van der Waals surface area contributed by atoms with E-state index in [-0.39, 0.29) is 12.5 Å². The van der Waals surface area contributed by atoms with Gasteiger partial charge in [-0.05, 0) is 43.2 Å². The van der Waals surface area contributed by atoms with Gasteiger partial charge in [0.05, 0.1) is 0 Å². The fraction of sp³-hybridized carbons (Fsp3) is 0.235. The third-order valence-corrected chi connectivity index (χ3v) is 3.66. The van der Waals surface area contributed by atoms with E-state index in [0.29, 0.717) is 11.5 Å². The molecule has 2 aromatic rings. The summed E-state index contributed by atoms with van der Waals surface area (Å²) in [6.07, 6.45) is -0.639. The van der Waals surface area contributed by atoms with Gasteiger partial charge in [-0.25, -0.2) is 0 Å². The molecule has 4 nitrogen and oxygen atoms in total. The summed E-state index contributed by atoms with van der Waals surface area (Å²) in [6, 6.07) is 13.2. The fourth-order valence-corrected chi connectivity index (χ4v) is 2.25. The minimum absolute atomic E-state index is 0.196. The van der Waals surface area contributed by atoms with Crippen LogP contribution in [0.25, 0.3) is 0 Å². The minimum Gasteiger partial charge on any atom is -0.485 e. The first-order valence-electron chi connectivity index (χ1n) is 6.91. The van der Waals surface area contributed by atoms with Gasteiger partial charge >= 0.3 is 0 Å². The number of nitrogens with one attached hydrogen (secondary N) is 1. The maximum atomic E-state index is 12.3. The number of para-hydroxylation sites is 2. The number of anilines is 1. The Labute approximate surface area is 123 Å². The van der Waals surface area contributed by atoms with E-state index in [1.165, 1.54) is 0 Å². The maximum Gasteiger partial charge on any atom is 0.269 e. The smallest absolute Gasteiger partial charge is 0.269 e. The Kier molecular flexibility index (Phi) is 3.52. The van der Waals surface area contributed by atoms with Crippen molar-refractivity contribution in [2.75, 3.05) is 11.9 Å². The second-order valence-corrected chi connectivity index (χ2v) is 5.10. The van der Waals surface area contributed by atoms with Crippen molar-refractivity contribution in [3.8, 4) is 11.5 Å². The first kappa shape index (κ1) is 13.5. The number of hydrogen-bond acceptors (Lipinski definition) is 3. The first-order valence-corrected chi connectivity index (χ1v) is 6.91. The number of ether oxygens (including phenoxy) is 2. The molecule has 0 spiro atoms.